The van der Waals surface area contributed by atoms with Crippen LogP contribution in [0, 0.1) is 0 Å². The Morgan fingerprint density at radius 1 is 1.65 bits per heavy atom. The Kier molecular flexibility index (Phi) is 5.31. The molecule has 2 atom stereocenters. The van der Waals surface area contributed by atoms with E-state index in [2.05, 4.69) is 5.32 Å². The number of alkyl halides is 2. The molecule has 1 heterocycles. The molecule has 0 aliphatic carbocycles. The van der Waals surface area contributed by atoms with Crippen molar-refractivity contribution in [3.8, 4) is 0 Å². The fourth-order valence-electron chi connectivity index (χ4n) is 1.60. The van der Waals surface area contributed by atoms with Gasteiger partial charge in [-0.15, -0.1) is 23.2 Å². The predicted octanol–water partition coefficient (Wildman–Crippen LogP) is 1.30. The van der Waals surface area contributed by atoms with E-state index >= 15 is 0 Å². The molecule has 1 N–H and O–H groups in total. The van der Waals surface area contributed by atoms with Crippen LogP contribution in [-0.4, -0.2) is 48.5 Å². The van der Waals surface area contributed by atoms with Crippen molar-refractivity contribution in [2.75, 3.05) is 24.0 Å². The van der Waals surface area contributed by atoms with Crippen LogP contribution in [0.4, 0.5) is 0 Å². The Hall–Kier alpha value is 0.220. The monoisotopic (exact) mass is 319 g/mol. The highest BCUT2D eigenvalue weighted by atomic mass is 35.5. The zero-order valence-corrected chi connectivity index (χ0v) is 12.6. The van der Waals surface area contributed by atoms with Gasteiger partial charge < -0.3 is 10.1 Å². The first-order chi connectivity index (χ1) is 7.76. The van der Waals surface area contributed by atoms with Crippen LogP contribution in [0.25, 0.3) is 0 Å². The Labute approximate surface area is 117 Å². The van der Waals surface area contributed by atoms with Crippen LogP contribution in [0.2, 0.25) is 0 Å². The van der Waals surface area contributed by atoms with Crippen molar-refractivity contribution in [1.82, 2.24) is 5.32 Å². The molecule has 1 aliphatic heterocycles. The fraction of sp³-hybridized carbons (Fsp3) is 0.889. The van der Waals surface area contributed by atoms with Gasteiger partial charge in [-0.1, -0.05) is 0 Å². The molecule has 4 nitrogen and oxygen atoms in total. The van der Waals surface area contributed by atoms with E-state index in [1.165, 1.54) is 0 Å². The van der Waals surface area contributed by atoms with Crippen molar-refractivity contribution >= 4 is 50.4 Å². The summed E-state index contributed by atoms with van der Waals surface area (Å²) in [5.41, 5.74) is -0.543. The van der Waals surface area contributed by atoms with E-state index in [1.807, 2.05) is 6.92 Å². The SMILES string of the molecule is C[C@@]1(NC(=S)OC[C@@H](Cl)CCl)CCS(=O)(=O)C1. The van der Waals surface area contributed by atoms with Gasteiger partial charge in [-0.2, -0.15) is 0 Å². The van der Waals surface area contributed by atoms with Crippen molar-refractivity contribution in [3.63, 3.8) is 0 Å². The van der Waals surface area contributed by atoms with Gasteiger partial charge in [-0.3, -0.25) is 0 Å². The predicted molar refractivity (Wildman–Crippen MR) is 73.7 cm³/mol. The Morgan fingerprint density at radius 2 is 2.29 bits per heavy atom. The summed E-state index contributed by atoms with van der Waals surface area (Å²) in [7, 11) is -2.96. The van der Waals surface area contributed by atoms with Gasteiger partial charge in [0.2, 0.25) is 0 Å². The van der Waals surface area contributed by atoms with Gasteiger partial charge in [-0.25, -0.2) is 8.42 Å². The second-order valence-electron chi connectivity index (χ2n) is 4.38. The van der Waals surface area contributed by atoms with Crippen molar-refractivity contribution < 1.29 is 13.2 Å². The molecule has 0 aromatic rings. The molecule has 0 unspecified atom stereocenters. The lowest BCUT2D eigenvalue weighted by atomic mass is 10.0. The van der Waals surface area contributed by atoms with Gasteiger partial charge in [0.05, 0.1) is 22.4 Å². The zero-order chi connectivity index (χ0) is 13.1. The summed E-state index contributed by atoms with van der Waals surface area (Å²) in [4.78, 5) is 0. The molecule has 0 spiro atoms. The summed E-state index contributed by atoms with van der Waals surface area (Å²) >= 11 is 16.3. The van der Waals surface area contributed by atoms with E-state index < -0.39 is 15.4 Å². The molecule has 0 saturated carbocycles. The van der Waals surface area contributed by atoms with E-state index in [9.17, 15) is 8.42 Å². The Morgan fingerprint density at radius 3 is 2.76 bits per heavy atom. The number of thiocarbonyl (C=S) groups is 1. The lowest BCUT2D eigenvalue weighted by Crippen LogP contribution is -2.47. The lowest BCUT2D eigenvalue weighted by molar-refractivity contribution is 0.285. The summed E-state index contributed by atoms with van der Waals surface area (Å²) in [6.45, 7) is 2.02. The number of rotatable bonds is 4. The minimum Gasteiger partial charge on any atom is -0.469 e. The highest BCUT2D eigenvalue weighted by molar-refractivity contribution is 7.91. The second kappa shape index (κ2) is 5.91. The number of nitrogens with one attached hydrogen (secondary N) is 1. The van der Waals surface area contributed by atoms with Crippen LogP contribution >= 0.6 is 35.4 Å². The van der Waals surface area contributed by atoms with E-state index in [-0.39, 0.29) is 34.5 Å². The van der Waals surface area contributed by atoms with Gasteiger partial charge in [0.15, 0.2) is 9.84 Å². The average Bonchev–Trinajstić information content (AvgIpc) is 2.49. The smallest absolute Gasteiger partial charge is 0.257 e. The molecule has 1 aliphatic rings. The summed E-state index contributed by atoms with van der Waals surface area (Å²) < 4.78 is 28.0. The molecule has 0 amide bonds. The quantitative estimate of drug-likeness (QED) is 0.625. The highest BCUT2D eigenvalue weighted by Crippen LogP contribution is 2.22. The van der Waals surface area contributed by atoms with Gasteiger partial charge in [-0.05, 0) is 25.6 Å². The first-order valence-electron chi connectivity index (χ1n) is 5.12. The van der Waals surface area contributed by atoms with Gasteiger partial charge in [0.1, 0.15) is 6.61 Å². The van der Waals surface area contributed by atoms with Crippen LogP contribution < -0.4 is 5.32 Å². The van der Waals surface area contributed by atoms with Crippen molar-refractivity contribution in [3.05, 3.63) is 0 Å². The number of sulfone groups is 1. The Bertz CT molecular complexity index is 388. The maximum Gasteiger partial charge on any atom is 0.257 e. The van der Waals surface area contributed by atoms with Crippen LogP contribution in [0.3, 0.4) is 0 Å². The van der Waals surface area contributed by atoms with Crippen LogP contribution in [0.15, 0.2) is 0 Å². The molecular formula is C9H15Cl2NO3S2. The highest BCUT2D eigenvalue weighted by Gasteiger charge is 2.39. The van der Waals surface area contributed by atoms with Crippen molar-refractivity contribution in [1.29, 1.82) is 0 Å². The largest absolute Gasteiger partial charge is 0.469 e. The van der Waals surface area contributed by atoms with Gasteiger partial charge >= 0.3 is 0 Å². The lowest BCUT2D eigenvalue weighted by Gasteiger charge is -2.25. The van der Waals surface area contributed by atoms with Gasteiger partial charge in [0, 0.05) is 5.88 Å². The number of ether oxygens (including phenoxy) is 1. The Balaban J connectivity index is 2.41. The third-order valence-corrected chi connectivity index (χ3v) is 5.40. The first kappa shape index (κ1) is 15.3. The van der Waals surface area contributed by atoms with Crippen LogP contribution in [0.1, 0.15) is 13.3 Å². The van der Waals surface area contributed by atoms with E-state index in [0.29, 0.717) is 6.42 Å². The van der Waals surface area contributed by atoms with E-state index in [4.69, 9.17) is 40.2 Å². The second-order valence-corrected chi connectivity index (χ2v) is 7.86. The molecule has 1 fully saturated rings. The molecular weight excluding hydrogens is 305 g/mol. The van der Waals surface area contributed by atoms with Crippen molar-refractivity contribution in [2.45, 2.75) is 24.3 Å². The summed E-state index contributed by atoms with van der Waals surface area (Å²) in [6, 6.07) is 0. The summed E-state index contributed by atoms with van der Waals surface area (Å²) in [5, 5.41) is 2.78. The first-order valence-corrected chi connectivity index (χ1v) is 8.32. The maximum atomic E-state index is 11.4. The molecule has 0 aromatic heterocycles. The third-order valence-electron chi connectivity index (χ3n) is 2.47. The summed E-state index contributed by atoms with van der Waals surface area (Å²) in [5.74, 6) is 0.526. The van der Waals surface area contributed by atoms with E-state index in [1.54, 1.807) is 0 Å². The molecule has 100 valence electrons. The van der Waals surface area contributed by atoms with Gasteiger partial charge in [0.25, 0.3) is 5.17 Å². The number of hydrogen-bond donors (Lipinski definition) is 1. The van der Waals surface area contributed by atoms with Crippen LogP contribution in [-0.2, 0) is 14.6 Å². The molecule has 17 heavy (non-hydrogen) atoms. The normalized spacial score (nSPS) is 28.6. The summed E-state index contributed by atoms with van der Waals surface area (Å²) in [6.07, 6.45) is 0.526. The van der Waals surface area contributed by atoms with Crippen molar-refractivity contribution in [2.24, 2.45) is 0 Å². The molecule has 0 bridgehead atoms. The molecule has 1 rings (SSSR count). The molecule has 1 saturated heterocycles. The number of halogens is 2. The minimum absolute atomic E-state index is 0.0727. The molecule has 8 heteroatoms. The standard InChI is InChI=1S/C9H15Cl2NO3S2/c1-9(2-3-17(13,14)6-9)12-8(16)15-5-7(11)4-10/h7H,2-6H2,1H3,(H,12,16)/t7-,9+/m0/s1. The minimum atomic E-state index is -2.96. The average molecular weight is 320 g/mol. The third kappa shape index (κ3) is 5.16. The topological polar surface area (TPSA) is 55.4 Å². The van der Waals surface area contributed by atoms with Crippen LogP contribution in [0.5, 0.6) is 0 Å². The fourth-order valence-corrected chi connectivity index (χ4v) is 4.16. The molecule has 0 radical (unpaired) electrons. The van der Waals surface area contributed by atoms with E-state index in [0.717, 1.165) is 0 Å². The zero-order valence-electron chi connectivity index (χ0n) is 9.41. The molecule has 0 aromatic carbocycles. The maximum absolute atomic E-state index is 11.4. The number of hydrogen-bond acceptors (Lipinski definition) is 4.